The number of ether oxygens (including phenoxy) is 3. The molecule has 1 aliphatic heterocycles. The molecule has 0 radical (unpaired) electrons. The first kappa shape index (κ1) is 22.7. The zero-order chi connectivity index (χ0) is 22.3. The van der Waals surface area contributed by atoms with Gasteiger partial charge in [0, 0.05) is 6.42 Å². The molecule has 3 rings (SSSR count). The van der Waals surface area contributed by atoms with Crippen molar-refractivity contribution in [3.05, 3.63) is 72.3 Å². The van der Waals surface area contributed by atoms with Crippen LogP contribution in [0.3, 0.4) is 0 Å². The third kappa shape index (κ3) is 6.78. The topological polar surface area (TPSA) is 48.0 Å². The smallest absolute Gasteiger partial charge is 0.410 e. The fraction of sp³-hybridized carbons (Fsp3) is 0.423. The number of hydrogen-bond acceptors (Lipinski definition) is 4. The summed E-state index contributed by atoms with van der Waals surface area (Å²) in [6.07, 6.45) is 5.21. The monoisotopic (exact) mass is 423 g/mol. The average molecular weight is 424 g/mol. The Morgan fingerprint density at radius 1 is 1.10 bits per heavy atom. The van der Waals surface area contributed by atoms with Crippen molar-refractivity contribution in [1.29, 1.82) is 0 Å². The first-order valence-electron chi connectivity index (χ1n) is 10.9. The number of hydrogen-bond donors (Lipinski definition) is 0. The van der Waals surface area contributed by atoms with Crippen LogP contribution in [0.5, 0.6) is 11.5 Å². The van der Waals surface area contributed by atoms with Crippen LogP contribution < -0.4 is 9.47 Å². The van der Waals surface area contributed by atoms with Crippen molar-refractivity contribution in [1.82, 2.24) is 4.90 Å². The Labute approximate surface area is 185 Å². The molecule has 2 atom stereocenters. The molecule has 0 aromatic heterocycles. The molecule has 5 nitrogen and oxygen atoms in total. The van der Waals surface area contributed by atoms with Crippen molar-refractivity contribution < 1.29 is 19.0 Å². The standard InChI is InChI=1S/C26H33NO4/c1-5-20-12-9-10-16-24(20)29-17-11-13-21-18-23(30-22-14-7-6-8-15-22)19-27(21)25(28)31-26(2,3)4/h6-16,21,23H,5,17-19H2,1-4H3/t21-,23+/m1/s1. The van der Waals surface area contributed by atoms with E-state index in [0.717, 1.165) is 17.9 Å². The average Bonchev–Trinajstić information content (AvgIpc) is 3.13. The Kier molecular flexibility index (Phi) is 7.61. The van der Waals surface area contributed by atoms with Gasteiger partial charge in [-0.15, -0.1) is 0 Å². The summed E-state index contributed by atoms with van der Waals surface area (Å²) in [5.74, 6) is 1.70. The van der Waals surface area contributed by atoms with E-state index in [-0.39, 0.29) is 18.2 Å². The second-order valence-electron chi connectivity index (χ2n) is 8.69. The molecule has 1 amide bonds. The van der Waals surface area contributed by atoms with E-state index in [1.165, 1.54) is 5.56 Å². The van der Waals surface area contributed by atoms with Gasteiger partial charge in [0.05, 0.1) is 12.6 Å². The highest BCUT2D eigenvalue weighted by atomic mass is 16.6. The molecule has 166 valence electrons. The van der Waals surface area contributed by atoms with E-state index >= 15 is 0 Å². The summed E-state index contributed by atoms with van der Waals surface area (Å²) < 4.78 is 17.7. The molecule has 0 unspecified atom stereocenters. The predicted octanol–water partition coefficient (Wildman–Crippen LogP) is 5.64. The number of nitrogens with zero attached hydrogens (tertiary/aromatic N) is 1. The molecule has 1 heterocycles. The van der Waals surface area contributed by atoms with Gasteiger partial charge in [0.15, 0.2) is 0 Å². The summed E-state index contributed by atoms with van der Waals surface area (Å²) in [6, 6.07) is 17.7. The molecule has 0 N–H and O–H groups in total. The van der Waals surface area contributed by atoms with Crippen molar-refractivity contribution >= 4 is 6.09 Å². The van der Waals surface area contributed by atoms with Gasteiger partial charge < -0.3 is 14.2 Å². The molecule has 1 aliphatic rings. The highest BCUT2D eigenvalue weighted by Gasteiger charge is 2.37. The summed E-state index contributed by atoms with van der Waals surface area (Å²) >= 11 is 0. The van der Waals surface area contributed by atoms with Crippen molar-refractivity contribution in [3.63, 3.8) is 0 Å². The van der Waals surface area contributed by atoms with E-state index in [4.69, 9.17) is 14.2 Å². The van der Waals surface area contributed by atoms with Crippen LogP contribution in [0.15, 0.2) is 66.7 Å². The zero-order valence-electron chi connectivity index (χ0n) is 18.9. The first-order valence-corrected chi connectivity index (χ1v) is 10.9. The van der Waals surface area contributed by atoms with E-state index in [1.54, 1.807) is 4.90 Å². The van der Waals surface area contributed by atoms with Gasteiger partial charge >= 0.3 is 6.09 Å². The maximum absolute atomic E-state index is 12.8. The molecule has 0 aliphatic carbocycles. The molecule has 0 saturated carbocycles. The van der Waals surface area contributed by atoms with E-state index < -0.39 is 5.60 Å². The second-order valence-corrected chi connectivity index (χ2v) is 8.69. The Balaban J connectivity index is 1.65. The van der Waals surface area contributed by atoms with Gasteiger partial charge in [0.1, 0.15) is 29.8 Å². The molecule has 0 spiro atoms. The SMILES string of the molecule is CCc1ccccc1OCC=C[C@@H]1C[C@H](Oc2ccccc2)CN1C(=O)OC(C)(C)C. The van der Waals surface area contributed by atoms with Crippen molar-refractivity contribution in [3.8, 4) is 11.5 Å². The molecule has 0 bridgehead atoms. The molecule has 1 saturated heterocycles. The quantitative estimate of drug-likeness (QED) is 0.541. The van der Waals surface area contributed by atoms with Crippen molar-refractivity contribution in [2.24, 2.45) is 0 Å². The summed E-state index contributed by atoms with van der Waals surface area (Å²) in [4.78, 5) is 14.5. The Bertz CT molecular complexity index is 872. The summed E-state index contributed by atoms with van der Waals surface area (Å²) in [6.45, 7) is 8.68. The minimum absolute atomic E-state index is 0.0914. The number of rotatable bonds is 7. The van der Waals surface area contributed by atoms with Gasteiger partial charge in [-0.1, -0.05) is 49.4 Å². The number of para-hydroxylation sites is 2. The van der Waals surface area contributed by atoms with Crippen LogP contribution in [0, 0.1) is 0 Å². The number of carbonyl (C=O) groups is 1. The molecule has 31 heavy (non-hydrogen) atoms. The lowest BCUT2D eigenvalue weighted by Gasteiger charge is -2.27. The minimum Gasteiger partial charge on any atom is -0.489 e. The Morgan fingerprint density at radius 2 is 1.81 bits per heavy atom. The maximum atomic E-state index is 12.8. The number of likely N-dealkylation sites (tertiary alicyclic amines) is 1. The lowest BCUT2D eigenvalue weighted by molar-refractivity contribution is 0.0239. The lowest BCUT2D eigenvalue weighted by atomic mass is 10.1. The van der Waals surface area contributed by atoms with Crippen LogP contribution in [-0.2, 0) is 11.2 Å². The van der Waals surface area contributed by atoms with Gasteiger partial charge in [-0.3, -0.25) is 4.90 Å². The summed E-state index contributed by atoms with van der Waals surface area (Å²) in [7, 11) is 0. The number of carbonyl (C=O) groups excluding carboxylic acids is 1. The maximum Gasteiger partial charge on any atom is 0.410 e. The van der Waals surface area contributed by atoms with Crippen LogP contribution in [0.25, 0.3) is 0 Å². The Morgan fingerprint density at radius 3 is 2.52 bits per heavy atom. The Hall–Kier alpha value is -2.95. The predicted molar refractivity (Wildman–Crippen MR) is 123 cm³/mol. The lowest BCUT2D eigenvalue weighted by Crippen LogP contribution is -2.39. The van der Waals surface area contributed by atoms with Crippen LogP contribution >= 0.6 is 0 Å². The van der Waals surface area contributed by atoms with Gasteiger partial charge in [-0.25, -0.2) is 4.79 Å². The number of aryl methyl sites for hydroxylation is 1. The van der Waals surface area contributed by atoms with Crippen LogP contribution in [0.2, 0.25) is 0 Å². The van der Waals surface area contributed by atoms with E-state index in [1.807, 2.05) is 81.5 Å². The number of amides is 1. The molecule has 2 aromatic carbocycles. The van der Waals surface area contributed by atoms with Crippen LogP contribution in [0.1, 0.15) is 39.7 Å². The largest absolute Gasteiger partial charge is 0.489 e. The number of benzene rings is 2. The van der Waals surface area contributed by atoms with Crippen LogP contribution in [0.4, 0.5) is 4.79 Å². The third-order valence-corrected chi connectivity index (χ3v) is 5.03. The van der Waals surface area contributed by atoms with Gasteiger partial charge in [0.25, 0.3) is 0 Å². The van der Waals surface area contributed by atoms with E-state index in [0.29, 0.717) is 19.6 Å². The fourth-order valence-corrected chi connectivity index (χ4v) is 3.60. The van der Waals surface area contributed by atoms with Gasteiger partial charge in [-0.2, -0.15) is 0 Å². The highest BCUT2D eigenvalue weighted by Crippen LogP contribution is 2.26. The normalized spacial score (nSPS) is 18.9. The van der Waals surface area contributed by atoms with E-state index in [2.05, 4.69) is 13.0 Å². The molecule has 5 heteroatoms. The molecular weight excluding hydrogens is 390 g/mol. The highest BCUT2D eigenvalue weighted by molar-refractivity contribution is 5.69. The van der Waals surface area contributed by atoms with E-state index in [9.17, 15) is 4.79 Å². The zero-order valence-corrected chi connectivity index (χ0v) is 18.9. The summed E-state index contributed by atoms with van der Waals surface area (Å²) in [5, 5.41) is 0. The molecule has 2 aromatic rings. The van der Waals surface area contributed by atoms with Crippen LogP contribution in [-0.4, -0.2) is 41.9 Å². The molecule has 1 fully saturated rings. The first-order chi connectivity index (χ1) is 14.9. The van der Waals surface area contributed by atoms with Crippen molar-refractivity contribution in [2.75, 3.05) is 13.2 Å². The van der Waals surface area contributed by atoms with Gasteiger partial charge in [0.2, 0.25) is 0 Å². The fourth-order valence-electron chi connectivity index (χ4n) is 3.60. The minimum atomic E-state index is -0.545. The third-order valence-electron chi connectivity index (χ3n) is 5.03. The van der Waals surface area contributed by atoms with Gasteiger partial charge in [-0.05, 0) is 57.0 Å². The molecular formula is C26H33NO4. The summed E-state index contributed by atoms with van der Waals surface area (Å²) in [5.41, 5.74) is 0.639. The second kappa shape index (κ2) is 10.4. The van der Waals surface area contributed by atoms with Crippen molar-refractivity contribution in [2.45, 2.75) is 58.3 Å².